The van der Waals surface area contributed by atoms with Crippen LogP contribution in [-0.4, -0.2) is 35.1 Å². The van der Waals surface area contributed by atoms with Crippen LogP contribution in [0.15, 0.2) is 5.38 Å². The molecule has 0 aliphatic carbocycles. The van der Waals surface area contributed by atoms with Crippen molar-refractivity contribution in [3.63, 3.8) is 0 Å². The molecule has 1 aromatic heterocycles. The van der Waals surface area contributed by atoms with Gasteiger partial charge in [0.05, 0.1) is 18.7 Å². The summed E-state index contributed by atoms with van der Waals surface area (Å²) in [5, 5.41) is 6.88. The predicted octanol–water partition coefficient (Wildman–Crippen LogP) is 2.56. The lowest BCUT2D eigenvalue weighted by Crippen LogP contribution is -2.13. The van der Waals surface area contributed by atoms with Crippen LogP contribution in [0.5, 0.6) is 0 Å². The van der Waals surface area contributed by atoms with E-state index < -0.39 is 0 Å². The monoisotopic (exact) mass is 286 g/mol. The van der Waals surface area contributed by atoms with Gasteiger partial charge in [-0.05, 0) is 25.5 Å². The largest absolute Gasteiger partial charge is 0.466 e. The van der Waals surface area contributed by atoms with Gasteiger partial charge in [0.15, 0.2) is 5.13 Å². The number of esters is 1. The number of aromatic nitrogens is 1. The van der Waals surface area contributed by atoms with Crippen LogP contribution in [0, 0.1) is 0 Å². The molecule has 1 aliphatic heterocycles. The Bertz CT molecular complexity index is 389. The van der Waals surface area contributed by atoms with E-state index in [1.165, 1.54) is 18.6 Å². The van der Waals surface area contributed by atoms with E-state index in [4.69, 9.17) is 4.74 Å². The maximum atomic E-state index is 11.3. The highest BCUT2D eigenvalue weighted by atomic mass is 32.2. The average molecular weight is 286 g/mol. The molecule has 2 heterocycles. The van der Waals surface area contributed by atoms with Crippen LogP contribution in [0.25, 0.3) is 0 Å². The van der Waals surface area contributed by atoms with E-state index >= 15 is 0 Å². The minimum absolute atomic E-state index is 0.208. The molecule has 0 radical (unpaired) electrons. The van der Waals surface area contributed by atoms with E-state index in [1.54, 1.807) is 11.3 Å². The van der Waals surface area contributed by atoms with Gasteiger partial charge in [-0.3, -0.25) is 4.79 Å². The van der Waals surface area contributed by atoms with Gasteiger partial charge in [-0.25, -0.2) is 4.98 Å². The molecule has 1 saturated heterocycles. The maximum Gasteiger partial charge on any atom is 0.311 e. The molecule has 1 aromatic rings. The van der Waals surface area contributed by atoms with Gasteiger partial charge in [0, 0.05) is 17.2 Å². The number of carbonyl (C=O) groups excluding carboxylic acids is 1. The lowest BCUT2D eigenvalue weighted by molar-refractivity contribution is -0.142. The number of thioether (sulfide) groups is 1. The Morgan fingerprint density at radius 1 is 1.67 bits per heavy atom. The minimum atomic E-state index is -0.208. The number of nitrogens with one attached hydrogen (secondary N) is 1. The number of carbonyl (C=O) groups is 1. The van der Waals surface area contributed by atoms with E-state index in [-0.39, 0.29) is 12.4 Å². The normalized spacial score (nSPS) is 18.8. The molecular formula is C12H18N2O2S2. The standard InChI is InChI=1S/C12H18N2O2S2/c1-2-16-11(15)6-9-8-18-12(14-9)13-7-10-4-3-5-17-10/h8,10H,2-7H2,1H3,(H,13,14). The van der Waals surface area contributed by atoms with E-state index in [0.29, 0.717) is 11.9 Å². The Labute approximate surface area is 116 Å². The van der Waals surface area contributed by atoms with E-state index in [9.17, 15) is 4.79 Å². The summed E-state index contributed by atoms with van der Waals surface area (Å²) in [7, 11) is 0. The number of hydrogen-bond acceptors (Lipinski definition) is 6. The molecule has 1 fully saturated rings. The summed E-state index contributed by atoms with van der Waals surface area (Å²) in [6, 6.07) is 0. The highest BCUT2D eigenvalue weighted by molar-refractivity contribution is 8.00. The number of nitrogens with zero attached hydrogens (tertiary/aromatic N) is 1. The van der Waals surface area contributed by atoms with Crippen molar-refractivity contribution in [3.05, 3.63) is 11.1 Å². The molecule has 1 atom stereocenters. The Balaban J connectivity index is 1.76. The van der Waals surface area contributed by atoms with Crippen molar-refractivity contribution in [2.75, 3.05) is 24.2 Å². The second-order valence-electron chi connectivity index (χ2n) is 4.14. The predicted molar refractivity (Wildman–Crippen MR) is 76.4 cm³/mol. The lowest BCUT2D eigenvalue weighted by atomic mass is 10.2. The summed E-state index contributed by atoms with van der Waals surface area (Å²) in [6.45, 7) is 3.20. The number of anilines is 1. The molecule has 18 heavy (non-hydrogen) atoms. The maximum absolute atomic E-state index is 11.3. The molecule has 1 N–H and O–H groups in total. The smallest absolute Gasteiger partial charge is 0.311 e. The van der Waals surface area contributed by atoms with Crippen molar-refractivity contribution in [3.8, 4) is 0 Å². The van der Waals surface area contributed by atoms with E-state index in [2.05, 4.69) is 10.3 Å². The third-order valence-corrected chi connectivity index (χ3v) is 4.93. The molecular weight excluding hydrogens is 268 g/mol. The zero-order valence-corrected chi connectivity index (χ0v) is 12.1. The summed E-state index contributed by atoms with van der Waals surface area (Å²) < 4.78 is 4.90. The van der Waals surface area contributed by atoms with Gasteiger partial charge in [0.25, 0.3) is 0 Å². The van der Waals surface area contributed by atoms with Crippen LogP contribution in [-0.2, 0) is 16.0 Å². The summed E-state index contributed by atoms with van der Waals surface area (Å²) in [6.07, 6.45) is 2.88. The highest BCUT2D eigenvalue weighted by Crippen LogP contribution is 2.26. The second kappa shape index (κ2) is 6.99. The number of ether oxygens (including phenoxy) is 1. The first-order valence-corrected chi connectivity index (χ1v) is 8.16. The molecule has 1 aliphatic rings. The average Bonchev–Trinajstić information content (AvgIpc) is 2.97. The minimum Gasteiger partial charge on any atom is -0.466 e. The summed E-state index contributed by atoms with van der Waals surface area (Å²) in [5.74, 6) is 1.07. The van der Waals surface area contributed by atoms with E-state index in [0.717, 1.165) is 17.4 Å². The topological polar surface area (TPSA) is 51.2 Å². The number of hydrogen-bond donors (Lipinski definition) is 1. The number of thiazole rings is 1. The van der Waals surface area contributed by atoms with Gasteiger partial charge in [-0.1, -0.05) is 0 Å². The Morgan fingerprint density at radius 2 is 2.56 bits per heavy atom. The van der Waals surface area contributed by atoms with E-state index in [1.807, 2.05) is 24.1 Å². The van der Waals surface area contributed by atoms with Crippen molar-refractivity contribution in [1.29, 1.82) is 0 Å². The molecule has 2 rings (SSSR count). The van der Waals surface area contributed by atoms with Crippen LogP contribution in [0.2, 0.25) is 0 Å². The van der Waals surface area contributed by atoms with Gasteiger partial charge in [-0.2, -0.15) is 11.8 Å². The van der Waals surface area contributed by atoms with Crippen LogP contribution in [0.4, 0.5) is 5.13 Å². The van der Waals surface area contributed by atoms with Crippen LogP contribution in [0.1, 0.15) is 25.5 Å². The SMILES string of the molecule is CCOC(=O)Cc1csc(NCC2CCCS2)n1. The van der Waals surface area contributed by atoms with Gasteiger partial charge < -0.3 is 10.1 Å². The molecule has 1 unspecified atom stereocenters. The fourth-order valence-electron chi connectivity index (χ4n) is 1.84. The van der Waals surface area contributed by atoms with Crippen LogP contribution >= 0.6 is 23.1 Å². The van der Waals surface area contributed by atoms with Gasteiger partial charge in [-0.15, -0.1) is 11.3 Å². The summed E-state index contributed by atoms with van der Waals surface area (Å²) >= 11 is 3.58. The third-order valence-electron chi connectivity index (χ3n) is 2.69. The molecule has 0 bridgehead atoms. The molecule has 100 valence electrons. The molecule has 0 spiro atoms. The van der Waals surface area contributed by atoms with Crippen molar-refractivity contribution in [2.45, 2.75) is 31.4 Å². The first-order chi connectivity index (χ1) is 8.78. The fraction of sp³-hybridized carbons (Fsp3) is 0.667. The molecule has 0 saturated carbocycles. The zero-order valence-electron chi connectivity index (χ0n) is 10.5. The third kappa shape index (κ3) is 4.17. The quantitative estimate of drug-likeness (QED) is 0.815. The second-order valence-corrected chi connectivity index (χ2v) is 6.41. The molecule has 6 heteroatoms. The Morgan fingerprint density at radius 3 is 3.28 bits per heavy atom. The molecule has 0 amide bonds. The van der Waals surface area contributed by atoms with Crippen LogP contribution in [0.3, 0.4) is 0 Å². The molecule has 0 aromatic carbocycles. The fourth-order valence-corrected chi connectivity index (χ4v) is 3.76. The number of rotatable bonds is 6. The van der Waals surface area contributed by atoms with Crippen molar-refractivity contribution in [1.82, 2.24) is 4.98 Å². The van der Waals surface area contributed by atoms with Gasteiger partial charge in [0.1, 0.15) is 0 Å². The van der Waals surface area contributed by atoms with Crippen molar-refractivity contribution < 1.29 is 9.53 Å². The van der Waals surface area contributed by atoms with Crippen molar-refractivity contribution >= 4 is 34.2 Å². The summed E-state index contributed by atoms with van der Waals surface area (Å²) in [4.78, 5) is 15.7. The Kier molecular flexibility index (Phi) is 5.31. The molecule has 4 nitrogen and oxygen atoms in total. The van der Waals surface area contributed by atoms with Crippen molar-refractivity contribution in [2.24, 2.45) is 0 Å². The van der Waals surface area contributed by atoms with Gasteiger partial charge >= 0.3 is 5.97 Å². The first-order valence-electron chi connectivity index (χ1n) is 6.23. The van der Waals surface area contributed by atoms with Gasteiger partial charge in [0.2, 0.25) is 0 Å². The Hall–Kier alpha value is -0.750. The lowest BCUT2D eigenvalue weighted by Gasteiger charge is -2.08. The van der Waals surface area contributed by atoms with Crippen LogP contribution < -0.4 is 5.32 Å². The highest BCUT2D eigenvalue weighted by Gasteiger charge is 2.15. The first kappa shape index (κ1) is 13.7. The summed E-state index contributed by atoms with van der Waals surface area (Å²) in [5.41, 5.74) is 0.792. The zero-order chi connectivity index (χ0) is 12.8.